The number of hydrogen-bond donors (Lipinski definition) is 0. The molecule has 124 valence electrons. The van der Waals surface area contributed by atoms with Crippen molar-refractivity contribution in [3.63, 3.8) is 0 Å². The van der Waals surface area contributed by atoms with Crippen LogP contribution < -0.4 is 0 Å². The minimum absolute atomic E-state index is 0.0905. The summed E-state index contributed by atoms with van der Waals surface area (Å²) in [6, 6.07) is 11.1. The zero-order valence-corrected chi connectivity index (χ0v) is 12.3. The van der Waals surface area contributed by atoms with Gasteiger partial charge in [-0.1, -0.05) is 30.3 Å². The Morgan fingerprint density at radius 1 is 0.917 bits per heavy atom. The average molecular weight is 335 g/mol. The zero-order valence-electron chi connectivity index (χ0n) is 12.3. The summed E-state index contributed by atoms with van der Waals surface area (Å²) in [5.74, 6) is -1.14. The van der Waals surface area contributed by atoms with Crippen LogP contribution in [0.3, 0.4) is 0 Å². The highest BCUT2D eigenvalue weighted by Gasteiger charge is 2.36. The van der Waals surface area contributed by atoms with E-state index >= 15 is 0 Å². The molecule has 0 bridgehead atoms. The fraction of sp³-hybridized carbons (Fsp3) is 0.176. The molecule has 1 aliphatic rings. The van der Waals surface area contributed by atoms with Gasteiger partial charge >= 0.3 is 6.18 Å². The molecule has 0 N–H and O–H groups in total. The van der Waals surface area contributed by atoms with Crippen LogP contribution in [0, 0.1) is 0 Å². The topological polar surface area (TPSA) is 46.6 Å². The monoisotopic (exact) mass is 335 g/mol. The Labute approximate surface area is 135 Å². The van der Waals surface area contributed by atoms with Crippen molar-refractivity contribution in [3.05, 3.63) is 70.8 Å². The van der Waals surface area contributed by atoms with Crippen molar-refractivity contribution in [2.75, 3.05) is 6.61 Å². The summed E-state index contributed by atoms with van der Waals surface area (Å²) in [4.78, 5) is 29.3. The molecule has 0 fully saturated rings. The van der Waals surface area contributed by atoms with Crippen molar-refractivity contribution in [3.8, 4) is 0 Å². The number of alkyl halides is 3. The van der Waals surface area contributed by atoms with Gasteiger partial charge < -0.3 is 0 Å². The Morgan fingerprint density at radius 3 is 2.12 bits per heavy atom. The van der Waals surface area contributed by atoms with E-state index in [-0.39, 0.29) is 24.2 Å². The SMILES string of the molecule is O=C1c2ccccc2C(=O)N1OCCc1cccc(C(F)(F)F)c1. The minimum atomic E-state index is -4.42. The fourth-order valence-electron chi connectivity index (χ4n) is 2.44. The molecule has 1 aliphatic heterocycles. The van der Waals surface area contributed by atoms with E-state index in [2.05, 4.69) is 0 Å². The highest BCUT2D eigenvalue weighted by Crippen LogP contribution is 2.29. The highest BCUT2D eigenvalue weighted by atomic mass is 19.4. The lowest BCUT2D eigenvalue weighted by Gasteiger charge is -2.14. The third-order valence-corrected chi connectivity index (χ3v) is 3.62. The Kier molecular flexibility index (Phi) is 4.11. The first kappa shape index (κ1) is 16.2. The predicted octanol–water partition coefficient (Wildman–Crippen LogP) is 3.48. The van der Waals surface area contributed by atoms with Gasteiger partial charge in [0.05, 0.1) is 23.3 Å². The third kappa shape index (κ3) is 3.03. The second-order valence-corrected chi connectivity index (χ2v) is 5.23. The number of imide groups is 1. The van der Waals surface area contributed by atoms with Crippen molar-refractivity contribution in [2.24, 2.45) is 0 Å². The summed E-state index contributed by atoms with van der Waals surface area (Å²) in [6.07, 6.45) is -4.28. The molecule has 24 heavy (non-hydrogen) atoms. The maximum atomic E-state index is 12.7. The number of carbonyl (C=O) groups is 2. The van der Waals surface area contributed by atoms with E-state index in [0.29, 0.717) is 10.6 Å². The number of amides is 2. The Bertz CT molecular complexity index is 767. The Morgan fingerprint density at radius 2 is 1.54 bits per heavy atom. The predicted molar refractivity (Wildman–Crippen MR) is 78.0 cm³/mol. The molecular formula is C17H12F3NO3. The zero-order chi connectivity index (χ0) is 17.3. The molecule has 0 aliphatic carbocycles. The smallest absolute Gasteiger partial charge is 0.266 e. The molecule has 0 saturated heterocycles. The fourth-order valence-corrected chi connectivity index (χ4v) is 2.44. The molecule has 4 nitrogen and oxygen atoms in total. The van der Waals surface area contributed by atoms with Gasteiger partial charge in [0.1, 0.15) is 0 Å². The summed E-state index contributed by atoms with van der Waals surface area (Å²) in [7, 11) is 0. The molecule has 7 heteroatoms. The van der Waals surface area contributed by atoms with Crippen molar-refractivity contribution < 1.29 is 27.6 Å². The van der Waals surface area contributed by atoms with Gasteiger partial charge in [-0.15, -0.1) is 5.06 Å². The van der Waals surface area contributed by atoms with Crippen molar-refractivity contribution in [1.29, 1.82) is 0 Å². The van der Waals surface area contributed by atoms with Gasteiger partial charge in [0.2, 0.25) is 0 Å². The van der Waals surface area contributed by atoms with E-state index < -0.39 is 23.6 Å². The molecule has 0 saturated carbocycles. The van der Waals surface area contributed by atoms with Gasteiger partial charge in [-0.2, -0.15) is 13.2 Å². The van der Waals surface area contributed by atoms with Crippen LogP contribution in [0.15, 0.2) is 48.5 Å². The van der Waals surface area contributed by atoms with Crippen LogP contribution in [-0.4, -0.2) is 23.5 Å². The van der Waals surface area contributed by atoms with Crippen LogP contribution in [0.25, 0.3) is 0 Å². The Hall–Kier alpha value is -2.67. The van der Waals surface area contributed by atoms with E-state index in [0.717, 1.165) is 12.1 Å². The lowest BCUT2D eigenvalue weighted by molar-refractivity contribution is -0.137. The quantitative estimate of drug-likeness (QED) is 0.804. The van der Waals surface area contributed by atoms with Crippen LogP contribution in [0.2, 0.25) is 0 Å². The molecule has 0 atom stereocenters. The van der Waals surface area contributed by atoms with Crippen molar-refractivity contribution in [1.82, 2.24) is 5.06 Å². The van der Waals surface area contributed by atoms with Crippen LogP contribution >= 0.6 is 0 Å². The molecule has 2 aromatic rings. The number of hydrogen-bond acceptors (Lipinski definition) is 3. The van der Waals surface area contributed by atoms with Gasteiger partial charge in [-0.05, 0) is 30.2 Å². The number of nitrogens with zero attached hydrogens (tertiary/aromatic N) is 1. The summed E-state index contributed by atoms with van der Waals surface area (Å²) in [5, 5.41) is 0.651. The number of benzene rings is 2. The number of hydroxylamine groups is 2. The largest absolute Gasteiger partial charge is 0.416 e. The van der Waals surface area contributed by atoms with E-state index in [4.69, 9.17) is 4.84 Å². The number of fused-ring (bicyclic) bond motifs is 1. The van der Waals surface area contributed by atoms with Crippen LogP contribution in [0.4, 0.5) is 13.2 Å². The van der Waals surface area contributed by atoms with Gasteiger partial charge in [0, 0.05) is 0 Å². The molecule has 0 radical (unpaired) electrons. The van der Waals surface area contributed by atoms with Crippen molar-refractivity contribution >= 4 is 11.8 Å². The molecule has 3 rings (SSSR count). The number of rotatable bonds is 4. The van der Waals surface area contributed by atoms with Crippen LogP contribution in [0.1, 0.15) is 31.8 Å². The third-order valence-electron chi connectivity index (χ3n) is 3.62. The van der Waals surface area contributed by atoms with Crippen LogP contribution in [0.5, 0.6) is 0 Å². The maximum absolute atomic E-state index is 12.7. The first-order valence-corrected chi connectivity index (χ1v) is 7.15. The van der Waals surface area contributed by atoms with Gasteiger partial charge in [0.15, 0.2) is 0 Å². The number of halogens is 3. The van der Waals surface area contributed by atoms with E-state index in [1.807, 2.05) is 0 Å². The average Bonchev–Trinajstić information content (AvgIpc) is 2.80. The minimum Gasteiger partial charge on any atom is -0.266 e. The normalized spacial score (nSPS) is 14.2. The summed E-state index contributed by atoms with van der Waals surface area (Å²) in [5.41, 5.74) is 0.158. The van der Waals surface area contributed by atoms with Gasteiger partial charge in [-0.25, -0.2) is 0 Å². The summed E-state index contributed by atoms with van der Waals surface area (Å²) < 4.78 is 38.0. The van der Waals surface area contributed by atoms with Gasteiger partial charge in [-0.3, -0.25) is 14.4 Å². The first-order valence-electron chi connectivity index (χ1n) is 7.15. The molecular weight excluding hydrogens is 323 g/mol. The molecule has 2 aromatic carbocycles. The maximum Gasteiger partial charge on any atom is 0.416 e. The summed E-state index contributed by atoms with van der Waals surface area (Å²) >= 11 is 0. The van der Waals surface area contributed by atoms with E-state index in [1.165, 1.54) is 24.3 Å². The molecule has 0 spiro atoms. The second kappa shape index (κ2) is 6.09. The second-order valence-electron chi connectivity index (χ2n) is 5.23. The van der Waals surface area contributed by atoms with Crippen LogP contribution in [-0.2, 0) is 17.4 Å². The lowest BCUT2D eigenvalue weighted by Crippen LogP contribution is -2.30. The van der Waals surface area contributed by atoms with E-state index in [1.54, 1.807) is 12.1 Å². The highest BCUT2D eigenvalue weighted by molar-refractivity contribution is 6.20. The molecule has 0 aromatic heterocycles. The molecule has 2 amide bonds. The molecule has 1 heterocycles. The Balaban J connectivity index is 1.64. The van der Waals surface area contributed by atoms with Gasteiger partial charge in [0.25, 0.3) is 11.8 Å². The molecule has 0 unspecified atom stereocenters. The van der Waals surface area contributed by atoms with E-state index in [9.17, 15) is 22.8 Å². The lowest BCUT2D eigenvalue weighted by atomic mass is 10.1. The van der Waals surface area contributed by atoms with Crippen molar-refractivity contribution in [2.45, 2.75) is 12.6 Å². The number of carbonyl (C=O) groups excluding carboxylic acids is 2. The summed E-state index contributed by atoms with van der Waals surface area (Å²) in [6.45, 7) is -0.0905. The standard InChI is InChI=1S/C17H12F3NO3/c18-17(19,20)12-5-3-4-11(10-12)8-9-24-21-15(22)13-6-1-2-7-14(13)16(21)23/h1-7,10H,8-9H2. The first-order chi connectivity index (χ1) is 11.4.